The Balaban J connectivity index is 1.59. The maximum atomic E-state index is 13.0. The van der Waals surface area contributed by atoms with Crippen molar-refractivity contribution >= 4 is 16.9 Å². The summed E-state index contributed by atoms with van der Waals surface area (Å²) in [6, 6.07) is 2.33. The molecule has 25 heavy (non-hydrogen) atoms. The molecule has 2 aliphatic carbocycles. The summed E-state index contributed by atoms with van der Waals surface area (Å²) in [6.45, 7) is 8.26. The molecule has 2 aliphatic rings. The fourth-order valence-corrected chi connectivity index (χ4v) is 5.01. The smallest absolute Gasteiger partial charge is 0.252 e. The number of aryl methyl sites for hydroxylation is 1. The highest BCUT2D eigenvalue weighted by molar-refractivity contribution is 6.05. The van der Waals surface area contributed by atoms with Crippen LogP contribution in [0.5, 0.6) is 0 Å². The molecule has 0 aromatic carbocycles. The number of amides is 1. The van der Waals surface area contributed by atoms with Crippen LogP contribution in [-0.2, 0) is 0 Å². The predicted octanol–water partition coefficient (Wildman–Crippen LogP) is 3.88. The Labute approximate surface area is 149 Å². The molecule has 0 unspecified atom stereocenters. The van der Waals surface area contributed by atoms with Crippen LogP contribution in [-0.4, -0.2) is 26.7 Å². The molecule has 0 aliphatic heterocycles. The number of nitrogens with zero attached hydrogens (tertiary/aromatic N) is 3. The lowest BCUT2D eigenvalue weighted by molar-refractivity contribution is 0.0917. The van der Waals surface area contributed by atoms with E-state index in [-0.39, 0.29) is 18.0 Å². The summed E-state index contributed by atoms with van der Waals surface area (Å²) in [7, 11) is 0. The van der Waals surface area contributed by atoms with Gasteiger partial charge in [0.05, 0.1) is 17.1 Å². The molecule has 2 aromatic rings. The Morgan fingerprint density at radius 2 is 2.08 bits per heavy atom. The largest absolute Gasteiger partial charge is 0.349 e. The third-order valence-corrected chi connectivity index (χ3v) is 6.22. The van der Waals surface area contributed by atoms with Crippen LogP contribution < -0.4 is 5.32 Å². The van der Waals surface area contributed by atoms with Crippen molar-refractivity contribution in [3.05, 3.63) is 23.5 Å². The van der Waals surface area contributed by atoms with Gasteiger partial charge >= 0.3 is 0 Å². The lowest BCUT2D eigenvalue weighted by Crippen LogP contribution is -2.40. The van der Waals surface area contributed by atoms with Crippen LogP contribution in [0.4, 0.5) is 0 Å². The fraction of sp³-hybridized carbons (Fsp3) is 0.650. The van der Waals surface area contributed by atoms with Gasteiger partial charge in [0.2, 0.25) is 0 Å². The molecule has 134 valence electrons. The number of rotatable bonds is 4. The summed E-state index contributed by atoms with van der Waals surface area (Å²) >= 11 is 0. The van der Waals surface area contributed by atoms with Crippen molar-refractivity contribution in [3.63, 3.8) is 0 Å². The molecule has 2 fully saturated rings. The summed E-state index contributed by atoms with van der Waals surface area (Å²) in [6.07, 6.45) is 7.15. The summed E-state index contributed by atoms with van der Waals surface area (Å²) in [5, 5.41) is 8.56. The van der Waals surface area contributed by atoms with Crippen LogP contribution in [0.25, 0.3) is 11.0 Å². The molecule has 0 radical (unpaired) electrons. The maximum Gasteiger partial charge on any atom is 0.252 e. The van der Waals surface area contributed by atoms with Crippen molar-refractivity contribution in [1.29, 1.82) is 0 Å². The van der Waals surface area contributed by atoms with Gasteiger partial charge in [0.25, 0.3) is 5.91 Å². The number of aromatic nitrogens is 3. The van der Waals surface area contributed by atoms with E-state index < -0.39 is 0 Å². The van der Waals surface area contributed by atoms with Crippen LogP contribution in [0.1, 0.15) is 68.5 Å². The van der Waals surface area contributed by atoms with Gasteiger partial charge in [-0.3, -0.25) is 4.79 Å². The van der Waals surface area contributed by atoms with Gasteiger partial charge in [0.15, 0.2) is 5.65 Å². The maximum absolute atomic E-state index is 13.0. The second-order valence-corrected chi connectivity index (χ2v) is 8.33. The van der Waals surface area contributed by atoms with E-state index in [4.69, 9.17) is 0 Å². The standard InChI is InChI=1S/C20H28N4O/c1-11(2)24-19-18(10-21-24)17(7-12(3)22-19)20(25)23-13(4)16-9-14-5-6-15(16)8-14/h7,10-11,13-16H,5-6,8-9H2,1-4H3,(H,23,25)/t13-,14-,15-,16-/m0/s1. The number of nitrogens with one attached hydrogen (secondary N) is 1. The minimum atomic E-state index is 0.00841. The average molecular weight is 340 g/mol. The van der Waals surface area contributed by atoms with E-state index in [2.05, 4.69) is 36.2 Å². The van der Waals surface area contributed by atoms with Gasteiger partial charge in [-0.1, -0.05) is 6.42 Å². The fourth-order valence-electron chi connectivity index (χ4n) is 5.01. The Bertz CT molecular complexity index is 809. The molecule has 5 nitrogen and oxygen atoms in total. The molecule has 4 rings (SSSR count). The van der Waals surface area contributed by atoms with E-state index in [1.54, 1.807) is 6.20 Å². The highest BCUT2D eigenvalue weighted by Crippen LogP contribution is 2.49. The first kappa shape index (κ1) is 16.6. The second kappa shape index (κ2) is 6.11. The summed E-state index contributed by atoms with van der Waals surface area (Å²) < 4.78 is 1.89. The third kappa shape index (κ3) is 2.83. The molecule has 2 heterocycles. The number of carbonyl (C=O) groups is 1. The molecule has 2 bridgehead atoms. The molecular formula is C20H28N4O. The first-order chi connectivity index (χ1) is 11.9. The average Bonchev–Trinajstić information content (AvgIpc) is 3.28. The van der Waals surface area contributed by atoms with Gasteiger partial charge in [0.1, 0.15) is 0 Å². The summed E-state index contributed by atoms with van der Waals surface area (Å²) in [5.41, 5.74) is 2.35. The number of carbonyl (C=O) groups excluding carboxylic acids is 1. The number of fused-ring (bicyclic) bond motifs is 3. The van der Waals surface area contributed by atoms with Crippen molar-refractivity contribution in [3.8, 4) is 0 Å². The number of hydrogen-bond acceptors (Lipinski definition) is 3. The van der Waals surface area contributed by atoms with Crippen molar-refractivity contribution in [1.82, 2.24) is 20.1 Å². The molecule has 2 saturated carbocycles. The topological polar surface area (TPSA) is 59.8 Å². The van der Waals surface area contributed by atoms with Crippen LogP contribution in [0.15, 0.2) is 12.3 Å². The number of pyridine rings is 1. The van der Waals surface area contributed by atoms with E-state index in [1.165, 1.54) is 25.7 Å². The molecule has 5 heteroatoms. The summed E-state index contributed by atoms with van der Waals surface area (Å²) in [5.74, 6) is 2.35. The Kier molecular flexibility index (Phi) is 4.05. The zero-order valence-electron chi connectivity index (χ0n) is 15.6. The molecule has 4 atom stereocenters. The van der Waals surface area contributed by atoms with Crippen LogP contribution in [0.2, 0.25) is 0 Å². The van der Waals surface area contributed by atoms with Crippen LogP contribution in [0, 0.1) is 24.7 Å². The van der Waals surface area contributed by atoms with Gasteiger partial charge < -0.3 is 5.32 Å². The quantitative estimate of drug-likeness (QED) is 0.919. The van der Waals surface area contributed by atoms with E-state index in [0.29, 0.717) is 11.5 Å². The van der Waals surface area contributed by atoms with Crippen molar-refractivity contribution < 1.29 is 4.79 Å². The second-order valence-electron chi connectivity index (χ2n) is 8.33. The van der Waals surface area contributed by atoms with E-state index >= 15 is 0 Å². The van der Waals surface area contributed by atoms with E-state index in [1.807, 2.05) is 17.7 Å². The van der Waals surface area contributed by atoms with E-state index in [9.17, 15) is 4.79 Å². The van der Waals surface area contributed by atoms with Crippen LogP contribution in [0.3, 0.4) is 0 Å². The van der Waals surface area contributed by atoms with Gasteiger partial charge in [-0.15, -0.1) is 0 Å². The molecular weight excluding hydrogens is 312 g/mol. The Morgan fingerprint density at radius 1 is 1.28 bits per heavy atom. The van der Waals surface area contributed by atoms with Crippen molar-refractivity contribution in [2.45, 2.75) is 65.5 Å². The van der Waals surface area contributed by atoms with Gasteiger partial charge in [-0.2, -0.15) is 5.10 Å². The van der Waals surface area contributed by atoms with E-state index in [0.717, 1.165) is 28.6 Å². The van der Waals surface area contributed by atoms with Gasteiger partial charge in [0, 0.05) is 17.8 Å². The third-order valence-electron chi connectivity index (χ3n) is 6.22. The lowest BCUT2D eigenvalue weighted by atomic mass is 9.84. The summed E-state index contributed by atoms with van der Waals surface area (Å²) in [4.78, 5) is 17.6. The monoisotopic (exact) mass is 340 g/mol. The molecule has 1 amide bonds. The Hall–Kier alpha value is -1.91. The zero-order chi connectivity index (χ0) is 17.7. The zero-order valence-corrected chi connectivity index (χ0v) is 15.6. The highest BCUT2D eigenvalue weighted by atomic mass is 16.1. The van der Waals surface area contributed by atoms with Gasteiger partial charge in [-0.25, -0.2) is 9.67 Å². The highest BCUT2D eigenvalue weighted by Gasteiger charge is 2.42. The Morgan fingerprint density at radius 3 is 2.72 bits per heavy atom. The molecule has 0 spiro atoms. The predicted molar refractivity (Wildman–Crippen MR) is 98.5 cm³/mol. The van der Waals surface area contributed by atoms with Crippen molar-refractivity contribution in [2.24, 2.45) is 17.8 Å². The minimum absolute atomic E-state index is 0.00841. The normalized spacial score (nSPS) is 26.5. The lowest BCUT2D eigenvalue weighted by Gasteiger charge is -2.28. The number of hydrogen-bond donors (Lipinski definition) is 1. The molecule has 1 N–H and O–H groups in total. The molecule has 2 aromatic heterocycles. The van der Waals surface area contributed by atoms with Crippen LogP contribution >= 0.6 is 0 Å². The van der Waals surface area contributed by atoms with Crippen molar-refractivity contribution in [2.75, 3.05) is 0 Å². The first-order valence-corrected chi connectivity index (χ1v) is 9.59. The SMILES string of the molecule is Cc1cc(C(=O)N[C@@H](C)[C@@H]2C[C@H]3CC[C@H]2C3)c2cnn(C(C)C)c2n1. The molecule has 0 saturated heterocycles. The first-order valence-electron chi connectivity index (χ1n) is 9.59. The minimum Gasteiger partial charge on any atom is -0.349 e. The van der Waals surface area contributed by atoms with Gasteiger partial charge in [-0.05, 0) is 70.8 Å².